The number of carbonyl (C=O) groups excluding carboxylic acids is 2. The molecule has 0 amide bonds. The highest BCUT2D eigenvalue weighted by Crippen LogP contribution is 2.42. The quantitative estimate of drug-likeness (QED) is 0.620. The van der Waals surface area contributed by atoms with Gasteiger partial charge in [0.25, 0.3) is 5.79 Å². The Bertz CT molecular complexity index is 751. The topological polar surface area (TPSA) is 71.1 Å². The molecule has 136 valence electrons. The Morgan fingerprint density at radius 2 is 1.04 bits per heavy atom. The second-order valence-electron chi connectivity index (χ2n) is 6.39. The maximum absolute atomic E-state index is 13.1. The van der Waals surface area contributed by atoms with Crippen LogP contribution in [0.2, 0.25) is 0 Å². The molecule has 1 fully saturated rings. The Morgan fingerprint density at radius 1 is 0.692 bits per heavy atom. The number of hydrogen-bond donors (Lipinski definition) is 0. The minimum absolute atomic E-state index is 0.439. The third kappa shape index (κ3) is 2.77. The average Bonchev–Trinajstić information content (AvgIpc) is 2.61. The molecule has 0 N–H and O–H groups in total. The molecule has 6 nitrogen and oxygen atoms in total. The normalized spacial score (nSPS) is 17.8. The third-order valence-electron chi connectivity index (χ3n) is 4.34. The SMILES string of the molecule is COc1ccc(C2(c3ccc(OC)cc3)C(=O)OC(C)(C)OC2=O)cc1. The van der Waals surface area contributed by atoms with Gasteiger partial charge in [-0.15, -0.1) is 0 Å². The molecule has 1 heterocycles. The number of carbonyl (C=O) groups is 2. The van der Waals surface area contributed by atoms with Crippen molar-refractivity contribution < 1.29 is 28.5 Å². The molecule has 3 rings (SSSR count). The van der Waals surface area contributed by atoms with Crippen LogP contribution in [0.15, 0.2) is 48.5 Å². The molecule has 2 aromatic carbocycles. The zero-order valence-corrected chi connectivity index (χ0v) is 15.1. The van der Waals surface area contributed by atoms with Gasteiger partial charge in [0.1, 0.15) is 11.5 Å². The lowest BCUT2D eigenvalue weighted by Crippen LogP contribution is -2.57. The largest absolute Gasteiger partial charge is 0.497 e. The van der Waals surface area contributed by atoms with Gasteiger partial charge < -0.3 is 18.9 Å². The van der Waals surface area contributed by atoms with Gasteiger partial charge in [-0.1, -0.05) is 24.3 Å². The van der Waals surface area contributed by atoms with Crippen LogP contribution in [-0.2, 0) is 24.5 Å². The molecule has 1 saturated heterocycles. The number of benzene rings is 2. The molecular formula is C20H20O6. The predicted octanol–water partition coefficient (Wildman–Crippen LogP) is 2.83. The van der Waals surface area contributed by atoms with Crippen molar-refractivity contribution in [3.63, 3.8) is 0 Å². The van der Waals surface area contributed by atoms with E-state index >= 15 is 0 Å². The van der Waals surface area contributed by atoms with Crippen LogP contribution in [0.25, 0.3) is 0 Å². The fourth-order valence-electron chi connectivity index (χ4n) is 3.02. The number of cyclic esters (lactones) is 2. The van der Waals surface area contributed by atoms with Crippen molar-refractivity contribution in [3.8, 4) is 11.5 Å². The Labute approximate surface area is 151 Å². The lowest BCUT2D eigenvalue weighted by Gasteiger charge is -2.40. The summed E-state index contributed by atoms with van der Waals surface area (Å²) in [6.45, 7) is 3.05. The molecule has 0 bridgehead atoms. The van der Waals surface area contributed by atoms with E-state index in [1.165, 1.54) is 13.8 Å². The van der Waals surface area contributed by atoms with Gasteiger partial charge in [0.15, 0.2) is 0 Å². The van der Waals surface area contributed by atoms with E-state index in [1.807, 2.05) is 0 Å². The summed E-state index contributed by atoms with van der Waals surface area (Å²) in [5.74, 6) is -1.48. The van der Waals surface area contributed by atoms with Crippen molar-refractivity contribution in [1.82, 2.24) is 0 Å². The van der Waals surface area contributed by atoms with E-state index < -0.39 is 23.1 Å². The second kappa shape index (κ2) is 6.37. The number of esters is 2. The van der Waals surface area contributed by atoms with Crippen LogP contribution in [0.1, 0.15) is 25.0 Å². The summed E-state index contributed by atoms with van der Waals surface area (Å²) in [6, 6.07) is 13.4. The number of hydrogen-bond acceptors (Lipinski definition) is 6. The molecule has 26 heavy (non-hydrogen) atoms. The molecule has 0 saturated carbocycles. The summed E-state index contributed by atoms with van der Waals surface area (Å²) < 4.78 is 21.2. The smallest absolute Gasteiger partial charge is 0.335 e. The van der Waals surface area contributed by atoms with Gasteiger partial charge in [0.2, 0.25) is 5.41 Å². The third-order valence-corrected chi connectivity index (χ3v) is 4.34. The fourth-order valence-corrected chi connectivity index (χ4v) is 3.02. The van der Waals surface area contributed by atoms with Crippen LogP contribution < -0.4 is 9.47 Å². The van der Waals surface area contributed by atoms with Gasteiger partial charge in [0, 0.05) is 13.8 Å². The first kappa shape index (κ1) is 17.8. The molecule has 0 aliphatic carbocycles. The maximum Gasteiger partial charge on any atom is 0.335 e. The zero-order valence-electron chi connectivity index (χ0n) is 15.1. The Balaban J connectivity index is 2.20. The molecular weight excluding hydrogens is 336 g/mol. The van der Waals surface area contributed by atoms with Crippen LogP contribution in [0.5, 0.6) is 11.5 Å². The monoisotopic (exact) mass is 356 g/mol. The van der Waals surface area contributed by atoms with Gasteiger partial charge in [0.05, 0.1) is 14.2 Å². The van der Waals surface area contributed by atoms with Gasteiger partial charge in [-0.25, -0.2) is 9.59 Å². The number of rotatable bonds is 4. The van der Waals surface area contributed by atoms with E-state index in [4.69, 9.17) is 18.9 Å². The average molecular weight is 356 g/mol. The summed E-state index contributed by atoms with van der Waals surface area (Å²) >= 11 is 0. The van der Waals surface area contributed by atoms with Crippen LogP contribution in [0.4, 0.5) is 0 Å². The minimum Gasteiger partial charge on any atom is -0.497 e. The molecule has 1 aliphatic rings. The summed E-state index contributed by atoms with van der Waals surface area (Å²) in [4.78, 5) is 26.1. The van der Waals surface area contributed by atoms with Gasteiger partial charge in [-0.3, -0.25) is 0 Å². The van der Waals surface area contributed by atoms with Crippen LogP contribution in [0.3, 0.4) is 0 Å². The van der Waals surface area contributed by atoms with Crippen molar-refractivity contribution in [2.24, 2.45) is 0 Å². The molecule has 0 unspecified atom stereocenters. The summed E-state index contributed by atoms with van der Waals surface area (Å²) in [5, 5.41) is 0. The van der Waals surface area contributed by atoms with Crippen molar-refractivity contribution in [3.05, 3.63) is 59.7 Å². The second-order valence-corrected chi connectivity index (χ2v) is 6.39. The van der Waals surface area contributed by atoms with Gasteiger partial charge >= 0.3 is 11.9 Å². The van der Waals surface area contributed by atoms with E-state index in [0.29, 0.717) is 22.6 Å². The van der Waals surface area contributed by atoms with Crippen molar-refractivity contribution >= 4 is 11.9 Å². The van der Waals surface area contributed by atoms with Crippen molar-refractivity contribution in [2.75, 3.05) is 14.2 Å². The van der Waals surface area contributed by atoms with Gasteiger partial charge in [-0.05, 0) is 35.4 Å². The fraction of sp³-hybridized carbons (Fsp3) is 0.300. The lowest BCUT2D eigenvalue weighted by atomic mass is 9.73. The maximum atomic E-state index is 13.1. The van der Waals surface area contributed by atoms with Gasteiger partial charge in [-0.2, -0.15) is 0 Å². The minimum atomic E-state index is -1.71. The van der Waals surface area contributed by atoms with E-state index in [0.717, 1.165) is 0 Å². The van der Waals surface area contributed by atoms with Crippen molar-refractivity contribution in [2.45, 2.75) is 25.0 Å². The zero-order chi connectivity index (χ0) is 18.9. The number of methoxy groups -OCH3 is 2. The van der Waals surface area contributed by atoms with Crippen LogP contribution >= 0.6 is 0 Å². The Hall–Kier alpha value is -3.02. The molecule has 6 heteroatoms. The van der Waals surface area contributed by atoms with Crippen molar-refractivity contribution in [1.29, 1.82) is 0 Å². The van der Waals surface area contributed by atoms with E-state index in [2.05, 4.69) is 0 Å². The Morgan fingerprint density at radius 3 is 1.35 bits per heavy atom. The van der Waals surface area contributed by atoms with Crippen LogP contribution in [0, 0.1) is 0 Å². The number of ether oxygens (including phenoxy) is 4. The highest BCUT2D eigenvalue weighted by atomic mass is 16.7. The first-order valence-electron chi connectivity index (χ1n) is 8.09. The summed E-state index contributed by atoms with van der Waals surface area (Å²) in [5.41, 5.74) is -0.837. The van der Waals surface area contributed by atoms with E-state index in [9.17, 15) is 9.59 Å². The van der Waals surface area contributed by atoms with E-state index in [-0.39, 0.29) is 0 Å². The molecule has 0 radical (unpaired) electrons. The standard InChI is InChI=1S/C20H20O6/c1-19(2)25-17(21)20(18(22)26-19,13-5-9-15(23-3)10-6-13)14-7-11-16(24-4)12-8-14/h5-12H,1-4H3. The highest BCUT2D eigenvalue weighted by molar-refractivity contribution is 6.11. The first-order valence-corrected chi connectivity index (χ1v) is 8.09. The van der Waals surface area contributed by atoms with Crippen LogP contribution in [-0.4, -0.2) is 31.9 Å². The predicted molar refractivity (Wildman–Crippen MR) is 93.0 cm³/mol. The first-order chi connectivity index (χ1) is 12.3. The molecule has 2 aromatic rings. The lowest BCUT2D eigenvalue weighted by molar-refractivity contribution is -0.240. The molecule has 0 spiro atoms. The molecule has 1 aliphatic heterocycles. The molecule has 0 atom stereocenters. The Kier molecular flexibility index (Phi) is 4.36. The van der Waals surface area contributed by atoms with E-state index in [1.54, 1.807) is 62.8 Å². The molecule has 0 aromatic heterocycles. The highest BCUT2D eigenvalue weighted by Gasteiger charge is 2.58. The summed E-state index contributed by atoms with van der Waals surface area (Å²) in [7, 11) is 3.08. The summed E-state index contributed by atoms with van der Waals surface area (Å²) in [6.07, 6.45) is 0.